The Morgan fingerprint density at radius 1 is 1.00 bits per heavy atom. The normalized spacial score (nSPS) is 28.3. The molecule has 3 heterocycles. The zero-order chi connectivity index (χ0) is 18.4. The average molecular weight is 387 g/mol. The Labute approximate surface area is 160 Å². The fraction of sp³-hybridized carbons (Fsp3) is 0.550. The molecular weight excluding hydrogens is 360 g/mol. The SMILES string of the molecule is O=S1(=O)C[C@@H]2[C@H](C1)N(Cc1ccc(-n3ccnc3)cc1)CCN2CC1CC1. The zero-order valence-electron chi connectivity index (χ0n) is 15.4. The van der Waals surface area contributed by atoms with Crippen molar-refractivity contribution in [2.45, 2.75) is 31.5 Å². The minimum atomic E-state index is -2.93. The Balaban J connectivity index is 1.31. The lowest BCUT2D eigenvalue weighted by atomic mass is 10.0. The maximum absolute atomic E-state index is 12.4. The first-order valence-corrected chi connectivity index (χ1v) is 11.7. The number of hydrogen-bond donors (Lipinski definition) is 0. The number of piperazine rings is 1. The van der Waals surface area contributed by atoms with Gasteiger partial charge in [-0.3, -0.25) is 9.80 Å². The Hall–Kier alpha value is -1.70. The summed E-state index contributed by atoms with van der Waals surface area (Å²) in [5.74, 6) is 1.45. The Bertz CT molecular complexity index is 891. The molecule has 0 N–H and O–H groups in total. The maximum atomic E-state index is 12.4. The summed E-state index contributed by atoms with van der Waals surface area (Å²) in [7, 11) is -2.93. The largest absolute Gasteiger partial charge is 0.306 e. The van der Waals surface area contributed by atoms with Crippen LogP contribution in [0, 0.1) is 5.92 Å². The highest BCUT2D eigenvalue weighted by molar-refractivity contribution is 7.91. The van der Waals surface area contributed by atoms with Crippen LogP contribution in [0.3, 0.4) is 0 Å². The molecule has 2 saturated heterocycles. The van der Waals surface area contributed by atoms with E-state index < -0.39 is 9.84 Å². The van der Waals surface area contributed by atoms with Crippen molar-refractivity contribution in [2.24, 2.45) is 5.92 Å². The van der Waals surface area contributed by atoms with E-state index in [1.54, 1.807) is 12.5 Å². The van der Waals surface area contributed by atoms with Crippen LogP contribution in [0.4, 0.5) is 0 Å². The van der Waals surface area contributed by atoms with E-state index in [9.17, 15) is 8.42 Å². The van der Waals surface area contributed by atoms with E-state index in [0.29, 0.717) is 11.5 Å². The minimum Gasteiger partial charge on any atom is -0.306 e. The van der Waals surface area contributed by atoms with Crippen LogP contribution in [0.1, 0.15) is 18.4 Å². The van der Waals surface area contributed by atoms with Gasteiger partial charge in [0.1, 0.15) is 0 Å². The van der Waals surface area contributed by atoms with Crippen LogP contribution in [0.2, 0.25) is 0 Å². The third-order valence-electron chi connectivity index (χ3n) is 6.22. The second-order valence-corrected chi connectivity index (χ2v) is 10.4. The van der Waals surface area contributed by atoms with Crippen molar-refractivity contribution in [3.63, 3.8) is 0 Å². The molecule has 7 heteroatoms. The molecule has 3 fully saturated rings. The van der Waals surface area contributed by atoms with E-state index in [1.165, 1.54) is 18.4 Å². The number of imidazole rings is 1. The van der Waals surface area contributed by atoms with Crippen LogP contribution in [-0.4, -0.2) is 71.0 Å². The number of nitrogens with zero attached hydrogens (tertiary/aromatic N) is 4. The number of aromatic nitrogens is 2. The van der Waals surface area contributed by atoms with Crippen LogP contribution in [-0.2, 0) is 16.4 Å². The van der Waals surface area contributed by atoms with Crippen molar-refractivity contribution >= 4 is 9.84 Å². The molecule has 144 valence electrons. The van der Waals surface area contributed by atoms with Crippen LogP contribution >= 0.6 is 0 Å². The van der Waals surface area contributed by atoms with Gasteiger partial charge in [0.05, 0.1) is 17.8 Å². The van der Waals surface area contributed by atoms with Crippen molar-refractivity contribution in [3.05, 3.63) is 48.5 Å². The first-order chi connectivity index (χ1) is 13.1. The summed E-state index contributed by atoms with van der Waals surface area (Å²) in [5.41, 5.74) is 2.32. The highest BCUT2D eigenvalue weighted by Gasteiger charge is 2.47. The van der Waals surface area contributed by atoms with Gasteiger partial charge in [-0.2, -0.15) is 0 Å². The number of hydrogen-bond acceptors (Lipinski definition) is 5. The smallest absolute Gasteiger partial charge is 0.153 e. The van der Waals surface area contributed by atoms with Gasteiger partial charge in [-0.25, -0.2) is 13.4 Å². The standard InChI is InChI=1S/C20H26N4O2S/c25-27(26)13-19-20(14-27)23(10-9-22(19)11-16-1-2-16)12-17-3-5-18(6-4-17)24-8-7-21-15-24/h3-8,15-16,19-20H,1-2,9-14H2/t19-,20+/m1/s1. The number of fused-ring (bicyclic) bond motifs is 1. The molecule has 0 spiro atoms. The number of rotatable bonds is 5. The van der Waals surface area contributed by atoms with Crippen LogP contribution in [0.15, 0.2) is 43.0 Å². The molecule has 6 nitrogen and oxygen atoms in total. The molecule has 5 rings (SSSR count). The summed E-state index contributed by atoms with van der Waals surface area (Å²) in [5, 5.41) is 0. The molecule has 0 bridgehead atoms. The van der Waals surface area contributed by atoms with E-state index in [0.717, 1.165) is 37.8 Å². The summed E-state index contributed by atoms with van der Waals surface area (Å²) < 4.78 is 26.7. The van der Waals surface area contributed by atoms with Gasteiger partial charge in [0.15, 0.2) is 9.84 Å². The molecule has 2 aromatic rings. The molecule has 27 heavy (non-hydrogen) atoms. The summed E-state index contributed by atoms with van der Waals surface area (Å²) >= 11 is 0. The molecule has 1 saturated carbocycles. The third kappa shape index (κ3) is 3.68. The lowest BCUT2D eigenvalue weighted by molar-refractivity contribution is 0.0376. The Morgan fingerprint density at radius 2 is 1.70 bits per heavy atom. The molecular formula is C20H26N4O2S. The molecule has 3 aliphatic rings. The topological polar surface area (TPSA) is 58.4 Å². The summed E-state index contributed by atoms with van der Waals surface area (Å²) in [6, 6.07) is 8.80. The van der Waals surface area contributed by atoms with Crippen LogP contribution in [0.5, 0.6) is 0 Å². The average Bonchev–Trinajstić information content (AvgIpc) is 3.16. The fourth-order valence-electron chi connectivity index (χ4n) is 4.57. The van der Waals surface area contributed by atoms with Crippen molar-refractivity contribution in [2.75, 3.05) is 31.1 Å². The van der Waals surface area contributed by atoms with E-state index in [-0.39, 0.29) is 12.1 Å². The van der Waals surface area contributed by atoms with Crippen LogP contribution in [0.25, 0.3) is 5.69 Å². The van der Waals surface area contributed by atoms with E-state index in [2.05, 4.69) is 39.0 Å². The molecule has 0 amide bonds. The predicted molar refractivity (Wildman–Crippen MR) is 105 cm³/mol. The van der Waals surface area contributed by atoms with Gasteiger partial charge >= 0.3 is 0 Å². The molecule has 0 radical (unpaired) electrons. The molecule has 1 aromatic heterocycles. The van der Waals surface area contributed by atoms with Gasteiger partial charge in [0.25, 0.3) is 0 Å². The zero-order valence-corrected chi connectivity index (χ0v) is 16.3. The highest BCUT2D eigenvalue weighted by Crippen LogP contribution is 2.34. The third-order valence-corrected chi connectivity index (χ3v) is 7.92. The molecule has 2 atom stereocenters. The lowest BCUT2D eigenvalue weighted by Gasteiger charge is -2.44. The van der Waals surface area contributed by atoms with Crippen molar-refractivity contribution in [1.82, 2.24) is 19.4 Å². The number of sulfone groups is 1. The van der Waals surface area contributed by atoms with Gasteiger partial charge in [-0.15, -0.1) is 0 Å². The quantitative estimate of drug-likeness (QED) is 0.781. The number of benzene rings is 1. The van der Waals surface area contributed by atoms with Crippen molar-refractivity contribution < 1.29 is 8.42 Å². The van der Waals surface area contributed by atoms with E-state index in [1.807, 2.05) is 10.8 Å². The van der Waals surface area contributed by atoms with E-state index in [4.69, 9.17) is 0 Å². The monoisotopic (exact) mass is 386 g/mol. The van der Waals surface area contributed by atoms with Gasteiger partial charge < -0.3 is 4.57 Å². The summed E-state index contributed by atoms with van der Waals surface area (Å²) in [6.45, 7) is 3.84. The van der Waals surface area contributed by atoms with Gasteiger partial charge in [0.2, 0.25) is 0 Å². The van der Waals surface area contributed by atoms with Gasteiger partial charge in [-0.1, -0.05) is 12.1 Å². The van der Waals surface area contributed by atoms with Crippen molar-refractivity contribution in [3.8, 4) is 5.69 Å². The van der Waals surface area contributed by atoms with Gasteiger partial charge in [-0.05, 0) is 36.5 Å². The minimum absolute atomic E-state index is 0.135. The highest BCUT2D eigenvalue weighted by atomic mass is 32.2. The molecule has 1 aliphatic carbocycles. The van der Waals surface area contributed by atoms with Crippen molar-refractivity contribution in [1.29, 1.82) is 0 Å². The first-order valence-electron chi connectivity index (χ1n) is 9.83. The first kappa shape index (κ1) is 17.4. The van der Waals surface area contributed by atoms with Gasteiger partial charge in [0, 0.05) is 56.3 Å². The molecule has 0 unspecified atom stereocenters. The Morgan fingerprint density at radius 3 is 2.37 bits per heavy atom. The second-order valence-electron chi connectivity index (χ2n) is 8.26. The predicted octanol–water partition coefficient (Wildman–Crippen LogP) is 1.57. The fourth-order valence-corrected chi connectivity index (χ4v) is 6.61. The maximum Gasteiger partial charge on any atom is 0.153 e. The summed E-state index contributed by atoms with van der Waals surface area (Å²) in [4.78, 5) is 8.95. The lowest BCUT2D eigenvalue weighted by Crippen LogP contribution is -2.59. The van der Waals surface area contributed by atoms with Crippen LogP contribution < -0.4 is 0 Å². The molecule has 2 aliphatic heterocycles. The van der Waals surface area contributed by atoms with E-state index >= 15 is 0 Å². The molecule has 1 aromatic carbocycles. The Kier molecular flexibility index (Phi) is 4.33. The summed E-state index contributed by atoms with van der Waals surface area (Å²) in [6.07, 6.45) is 8.13. The second kappa shape index (κ2) is 6.72.